The van der Waals surface area contributed by atoms with E-state index in [1.165, 1.54) is 13.0 Å². The standard InChI is InChI=1S/C15H16N2O5/c1-4-21-15-11(6-5-7-13(15)20-3)8-9-12-14(17(18)19)10(2)16-22-12/h5-9H,4H2,1-3H3/b9-8-. The summed E-state index contributed by atoms with van der Waals surface area (Å²) in [6.45, 7) is 3.86. The number of para-hydroxylation sites is 1. The zero-order valence-electron chi connectivity index (χ0n) is 12.5. The van der Waals surface area contributed by atoms with Gasteiger partial charge in [0.25, 0.3) is 0 Å². The van der Waals surface area contributed by atoms with E-state index in [4.69, 9.17) is 14.0 Å². The Kier molecular flexibility index (Phi) is 4.77. The van der Waals surface area contributed by atoms with Gasteiger partial charge in [-0.3, -0.25) is 10.1 Å². The number of aryl methyl sites for hydroxylation is 1. The molecule has 116 valence electrons. The molecule has 0 N–H and O–H groups in total. The number of ether oxygens (including phenoxy) is 2. The van der Waals surface area contributed by atoms with E-state index in [2.05, 4.69) is 5.16 Å². The molecular weight excluding hydrogens is 288 g/mol. The summed E-state index contributed by atoms with van der Waals surface area (Å²) >= 11 is 0. The first kappa shape index (κ1) is 15.6. The minimum absolute atomic E-state index is 0.0905. The number of rotatable bonds is 6. The highest BCUT2D eigenvalue weighted by atomic mass is 16.6. The van der Waals surface area contributed by atoms with E-state index in [0.29, 0.717) is 18.1 Å². The van der Waals surface area contributed by atoms with Crippen molar-refractivity contribution in [3.8, 4) is 11.5 Å². The molecule has 0 aliphatic rings. The second-order valence-electron chi connectivity index (χ2n) is 4.38. The van der Waals surface area contributed by atoms with Gasteiger partial charge in [0.2, 0.25) is 5.76 Å². The second kappa shape index (κ2) is 6.75. The maximum absolute atomic E-state index is 11.0. The first-order chi connectivity index (χ1) is 10.6. The maximum Gasteiger partial charge on any atom is 0.338 e. The molecule has 0 fully saturated rings. The Bertz CT molecular complexity index is 706. The Morgan fingerprint density at radius 3 is 2.82 bits per heavy atom. The molecule has 1 heterocycles. The minimum Gasteiger partial charge on any atom is -0.493 e. The highest BCUT2D eigenvalue weighted by molar-refractivity contribution is 5.75. The van der Waals surface area contributed by atoms with Crippen LogP contribution in [0.4, 0.5) is 5.69 Å². The molecule has 0 saturated carbocycles. The van der Waals surface area contributed by atoms with Crippen molar-refractivity contribution >= 4 is 17.8 Å². The molecule has 0 spiro atoms. The Balaban J connectivity index is 2.40. The number of aromatic nitrogens is 1. The average molecular weight is 304 g/mol. The molecule has 7 nitrogen and oxygen atoms in total. The number of nitrogens with zero attached hydrogens (tertiary/aromatic N) is 2. The van der Waals surface area contributed by atoms with Gasteiger partial charge in [0.05, 0.1) is 18.6 Å². The van der Waals surface area contributed by atoms with Gasteiger partial charge in [0.15, 0.2) is 17.2 Å². The topological polar surface area (TPSA) is 87.6 Å². The Labute approximate surface area is 127 Å². The maximum atomic E-state index is 11.0. The molecule has 0 bridgehead atoms. The molecule has 1 aromatic carbocycles. The lowest BCUT2D eigenvalue weighted by Gasteiger charge is -2.11. The molecule has 0 radical (unpaired) electrons. The van der Waals surface area contributed by atoms with E-state index in [0.717, 1.165) is 5.56 Å². The van der Waals surface area contributed by atoms with Gasteiger partial charge in [0.1, 0.15) is 0 Å². The van der Waals surface area contributed by atoms with E-state index in [9.17, 15) is 10.1 Å². The summed E-state index contributed by atoms with van der Waals surface area (Å²) in [6, 6.07) is 5.41. The summed E-state index contributed by atoms with van der Waals surface area (Å²) in [5.41, 5.74) is 0.821. The quantitative estimate of drug-likeness (QED) is 0.600. The van der Waals surface area contributed by atoms with Crippen LogP contribution in [-0.2, 0) is 0 Å². The number of hydrogen-bond donors (Lipinski definition) is 0. The van der Waals surface area contributed by atoms with E-state index in [1.807, 2.05) is 13.0 Å². The number of methoxy groups -OCH3 is 1. The van der Waals surface area contributed by atoms with Gasteiger partial charge in [-0.05, 0) is 32.1 Å². The highest BCUT2D eigenvalue weighted by Crippen LogP contribution is 2.33. The van der Waals surface area contributed by atoms with Crippen LogP contribution < -0.4 is 9.47 Å². The largest absolute Gasteiger partial charge is 0.493 e. The molecule has 0 aliphatic heterocycles. The van der Waals surface area contributed by atoms with Crippen LogP contribution in [0.1, 0.15) is 23.9 Å². The fourth-order valence-corrected chi connectivity index (χ4v) is 2.00. The van der Waals surface area contributed by atoms with E-state index in [1.54, 1.807) is 25.3 Å². The van der Waals surface area contributed by atoms with E-state index >= 15 is 0 Å². The molecule has 22 heavy (non-hydrogen) atoms. The Morgan fingerprint density at radius 2 is 2.18 bits per heavy atom. The van der Waals surface area contributed by atoms with Gasteiger partial charge in [-0.25, -0.2) is 0 Å². The predicted octanol–water partition coefficient (Wildman–Crippen LogP) is 3.47. The first-order valence-electron chi connectivity index (χ1n) is 6.67. The van der Waals surface area contributed by atoms with Crippen molar-refractivity contribution in [3.63, 3.8) is 0 Å². The van der Waals surface area contributed by atoms with Crippen LogP contribution in [0.25, 0.3) is 12.2 Å². The lowest BCUT2D eigenvalue weighted by atomic mass is 10.1. The van der Waals surface area contributed by atoms with Crippen LogP contribution >= 0.6 is 0 Å². The summed E-state index contributed by atoms with van der Waals surface area (Å²) in [5, 5.41) is 14.6. The molecule has 1 aromatic heterocycles. The molecule has 0 saturated heterocycles. The predicted molar refractivity (Wildman–Crippen MR) is 81.0 cm³/mol. The van der Waals surface area contributed by atoms with Crippen molar-refractivity contribution in [1.82, 2.24) is 5.16 Å². The molecule has 0 unspecified atom stereocenters. The number of benzene rings is 1. The van der Waals surface area contributed by atoms with E-state index < -0.39 is 4.92 Å². The Hall–Kier alpha value is -2.83. The van der Waals surface area contributed by atoms with Gasteiger partial charge in [0, 0.05) is 5.56 Å². The smallest absolute Gasteiger partial charge is 0.338 e. The molecule has 0 amide bonds. The molecule has 7 heteroatoms. The van der Waals surface area contributed by atoms with Crippen LogP contribution in [0.15, 0.2) is 22.7 Å². The summed E-state index contributed by atoms with van der Waals surface area (Å²) in [7, 11) is 1.55. The first-order valence-corrected chi connectivity index (χ1v) is 6.67. The van der Waals surface area contributed by atoms with Crippen molar-refractivity contribution in [2.45, 2.75) is 13.8 Å². The second-order valence-corrected chi connectivity index (χ2v) is 4.38. The third kappa shape index (κ3) is 3.08. The number of nitro groups is 1. The minimum atomic E-state index is -0.513. The highest BCUT2D eigenvalue weighted by Gasteiger charge is 2.22. The summed E-state index contributed by atoms with van der Waals surface area (Å²) < 4.78 is 15.8. The lowest BCUT2D eigenvalue weighted by Crippen LogP contribution is -1.97. The number of hydrogen-bond acceptors (Lipinski definition) is 6. The van der Waals surface area contributed by atoms with Crippen LogP contribution in [0.5, 0.6) is 11.5 Å². The summed E-state index contributed by atoms with van der Waals surface area (Å²) in [4.78, 5) is 10.5. The van der Waals surface area contributed by atoms with Gasteiger partial charge in [-0.15, -0.1) is 0 Å². The lowest BCUT2D eigenvalue weighted by molar-refractivity contribution is -0.386. The molecule has 0 aliphatic carbocycles. The van der Waals surface area contributed by atoms with Crippen molar-refractivity contribution in [1.29, 1.82) is 0 Å². The monoisotopic (exact) mass is 304 g/mol. The van der Waals surface area contributed by atoms with Gasteiger partial charge in [-0.1, -0.05) is 17.3 Å². The third-order valence-electron chi connectivity index (χ3n) is 2.97. The van der Waals surface area contributed by atoms with Crippen molar-refractivity contribution in [3.05, 3.63) is 45.3 Å². The van der Waals surface area contributed by atoms with E-state index in [-0.39, 0.29) is 17.1 Å². The van der Waals surface area contributed by atoms with Gasteiger partial charge in [-0.2, -0.15) is 0 Å². The Morgan fingerprint density at radius 1 is 1.41 bits per heavy atom. The fraction of sp³-hybridized carbons (Fsp3) is 0.267. The van der Waals surface area contributed by atoms with Crippen LogP contribution in [-0.4, -0.2) is 23.8 Å². The molecule has 2 aromatic rings. The zero-order chi connectivity index (χ0) is 16.1. The molecular formula is C15H16N2O5. The van der Waals surface area contributed by atoms with Crippen molar-refractivity contribution in [2.24, 2.45) is 0 Å². The summed E-state index contributed by atoms with van der Waals surface area (Å²) in [6.07, 6.45) is 3.16. The zero-order valence-corrected chi connectivity index (χ0v) is 12.5. The molecule has 0 atom stereocenters. The normalized spacial score (nSPS) is 10.9. The fourth-order valence-electron chi connectivity index (χ4n) is 2.00. The molecule has 2 rings (SSSR count). The average Bonchev–Trinajstić information content (AvgIpc) is 2.87. The van der Waals surface area contributed by atoms with Crippen LogP contribution in [0.3, 0.4) is 0 Å². The van der Waals surface area contributed by atoms with Crippen molar-refractivity contribution in [2.75, 3.05) is 13.7 Å². The van der Waals surface area contributed by atoms with Gasteiger partial charge >= 0.3 is 5.69 Å². The van der Waals surface area contributed by atoms with Crippen LogP contribution in [0.2, 0.25) is 0 Å². The summed E-state index contributed by atoms with van der Waals surface area (Å²) in [5.74, 6) is 1.25. The van der Waals surface area contributed by atoms with Crippen molar-refractivity contribution < 1.29 is 18.9 Å². The van der Waals surface area contributed by atoms with Crippen LogP contribution in [0, 0.1) is 17.0 Å². The third-order valence-corrected chi connectivity index (χ3v) is 2.97. The van der Waals surface area contributed by atoms with Gasteiger partial charge < -0.3 is 14.0 Å². The SMILES string of the molecule is CCOc1c(/C=C\c2onc(C)c2[N+](=O)[O-])cccc1OC.